The van der Waals surface area contributed by atoms with Crippen LogP contribution in [0.25, 0.3) is 0 Å². The molecule has 0 saturated heterocycles. The van der Waals surface area contributed by atoms with Gasteiger partial charge in [-0.3, -0.25) is 0 Å². The molecule has 0 radical (unpaired) electrons. The summed E-state index contributed by atoms with van der Waals surface area (Å²) in [4.78, 5) is 22.2. The first-order valence-electron chi connectivity index (χ1n) is 3.12. The quantitative estimate of drug-likeness (QED) is 0.473. The molecule has 0 saturated carbocycles. The molecule has 0 bridgehead atoms. The van der Waals surface area contributed by atoms with Crippen molar-refractivity contribution in [2.75, 3.05) is 0 Å². The Hall–Kier alpha value is -1.69. The monoisotopic (exact) mass is 170 g/mol. The largest absolute Gasteiger partial charge is 0.392 e. The Balaban J connectivity index is 3.24. The van der Waals surface area contributed by atoms with Crippen LogP contribution in [0, 0.1) is 10.1 Å². The van der Waals surface area contributed by atoms with E-state index in [0.29, 0.717) is 0 Å². The lowest BCUT2D eigenvalue weighted by molar-refractivity contribution is -0.389. The van der Waals surface area contributed by atoms with Gasteiger partial charge in [-0.15, -0.1) is 0 Å². The smallest absolute Gasteiger partial charge is 0.332 e. The van der Waals surface area contributed by atoms with Crippen molar-refractivity contribution in [1.29, 1.82) is 0 Å². The van der Waals surface area contributed by atoms with Crippen LogP contribution in [0.3, 0.4) is 0 Å². The van der Waals surface area contributed by atoms with Crippen LogP contribution in [0.15, 0.2) is 16.9 Å². The lowest BCUT2D eigenvalue weighted by atomic mass is 10.3. The van der Waals surface area contributed by atoms with Gasteiger partial charge >= 0.3 is 11.4 Å². The number of rotatable bonds is 2. The van der Waals surface area contributed by atoms with E-state index in [2.05, 4.69) is 0 Å². The highest BCUT2D eigenvalue weighted by Crippen LogP contribution is 2.05. The number of nitro groups is 1. The molecule has 1 heterocycles. The molecule has 0 aliphatic heterocycles. The average molecular weight is 170 g/mol. The number of H-pyrrole nitrogens is 1. The molecule has 0 spiro atoms. The Morgan fingerprint density at radius 1 is 1.58 bits per heavy atom. The molecule has 6 heteroatoms. The number of aromatic nitrogens is 1. The molecule has 12 heavy (non-hydrogen) atoms. The van der Waals surface area contributed by atoms with Crippen LogP contribution in [0.2, 0.25) is 0 Å². The van der Waals surface area contributed by atoms with Crippen LogP contribution >= 0.6 is 0 Å². The first kappa shape index (κ1) is 8.41. The molecule has 64 valence electrons. The van der Waals surface area contributed by atoms with E-state index in [1.807, 2.05) is 4.98 Å². The third-order valence-corrected chi connectivity index (χ3v) is 1.27. The Kier molecular flexibility index (Phi) is 2.20. The van der Waals surface area contributed by atoms with Gasteiger partial charge in [0.15, 0.2) is 0 Å². The summed E-state index contributed by atoms with van der Waals surface area (Å²) in [5, 5.41) is 18.8. The highest BCUT2D eigenvalue weighted by Gasteiger charge is 2.06. The van der Waals surface area contributed by atoms with Crippen LogP contribution in [0.5, 0.6) is 0 Å². The summed E-state index contributed by atoms with van der Waals surface area (Å²) in [6.45, 7) is -0.384. The summed E-state index contributed by atoms with van der Waals surface area (Å²) in [7, 11) is 0. The molecule has 0 fully saturated rings. The summed E-state index contributed by atoms with van der Waals surface area (Å²) in [5.41, 5.74) is -0.362. The van der Waals surface area contributed by atoms with E-state index in [-0.39, 0.29) is 12.2 Å². The molecule has 1 aromatic heterocycles. The zero-order valence-electron chi connectivity index (χ0n) is 5.98. The minimum atomic E-state index is -0.722. The second-order valence-electron chi connectivity index (χ2n) is 2.15. The fourth-order valence-corrected chi connectivity index (χ4v) is 0.774. The number of aromatic amines is 1. The molecule has 0 atom stereocenters. The third-order valence-electron chi connectivity index (χ3n) is 1.27. The van der Waals surface area contributed by atoms with E-state index in [4.69, 9.17) is 5.11 Å². The van der Waals surface area contributed by atoms with Crippen LogP contribution in [0.4, 0.5) is 5.82 Å². The van der Waals surface area contributed by atoms with Crippen molar-refractivity contribution in [1.82, 2.24) is 4.98 Å². The Labute approximate surface area is 66.6 Å². The Morgan fingerprint density at radius 2 is 2.25 bits per heavy atom. The van der Waals surface area contributed by atoms with Gasteiger partial charge in [-0.05, 0) is 10.5 Å². The van der Waals surface area contributed by atoms with Crippen molar-refractivity contribution >= 4 is 5.82 Å². The van der Waals surface area contributed by atoms with Crippen LogP contribution < -0.4 is 5.56 Å². The molecule has 0 unspecified atom stereocenters. The fraction of sp³-hybridized carbons (Fsp3) is 0.167. The van der Waals surface area contributed by atoms with E-state index < -0.39 is 16.3 Å². The second kappa shape index (κ2) is 3.14. The number of aliphatic hydroxyl groups excluding tert-OH is 1. The highest BCUT2D eigenvalue weighted by molar-refractivity contribution is 5.24. The predicted molar refractivity (Wildman–Crippen MR) is 39.6 cm³/mol. The van der Waals surface area contributed by atoms with Crippen LogP contribution in [0.1, 0.15) is 5.56 Å². The van der Waals surface area contributed by atoms with E-state index in [9.17, 15) is 14.9 Å². The maximum Gasteiger partial charge on any atom is 0.332 e. The maximum absolute atomic E-state index is 10.7. The SMILES string of the molecule is O=c1cc(CO)cc([N+](=O)[O-])[nH]1. The number of hydrogen-bond donors (Lipinski definition) is 2. The number of pyridine rings is 1. The minimum Gasteiger partial charge on any atom is -0.392 e. The lowest BCUT2D eigenvalue weighted by Crippen LogP contribution is -2.08. The minimum absolute atomic E-state index is 0.227. The van der Waals surface area contributed by atoms with Gasteiger partial charge in [0.25, 0.3) is 0 Å². The normalized spacial score (nSPS) is 9.75. The number of nitrogens with one attached hydrogen (secondary N) is 1. The van der Waals surface area contributed by atoms with Crippen molar-refractivity contribution in [3.8, 4) is 0 Å². The molecular weight excluding hydrogens is 164 g/mol. The van der Waals surface area contributed by atoms with Crippen LogP contribution in [-0.4, -0.2) is 15.0 Å². The average Bonchev–Trinajstić information content (AvgIpc) is 2.03. The zero-order chi connectivity index (χ0) is 9.14. The van der Waals surface area contributed by atoms with E-state index in [0.717, 1.165) is 12.1 Å². The summed E-state index contributed by atoms with van der Waals surface area (Å²) in [5.74, 6) is -0.411. The molecule has 0 aliphatic carbocycles. The van der Waals surface area contributed by atoms with Crippen molar-refractivity contribution in [3.63, 3.8) is 0 Å². The topological polar surface area (TPSA) is 96.2 Å². The van der Waals surface area contributed by atoms with Crippen LogP contribution in [-0.2, 0) is 6.61 Å². The summed E-state index contributed by atoms with van der Waals surface area (Å²) >= 11 is 0. The number of nitrogens with zero attached hydrogens (tertiary/aromatic N) is 1. The van der Waals surface area contributed by atoms with Gasteiger partial charge in [0.05, 0.1) is 6.61 Å². The van der Waals surface area contributed by atoms with Crippen molar-refractivity contribution < 1.29 is 10.0 Å². The van der Waals surface area contributed by atoms with Gasteiger partial charge in [0.2, 0.25) is 0 Å². The van der Waals surface area contributed by atoms with Gasteiger partial charge in [-0.1, -0.05) is 0 Å². The van der Waals surface area contributed by atoms with Gasteiger partial charge in [-0.2, -0.15) is 0 Å². The van der Waals surface area contributed by atoms with Gasteiger partial charge in [-0.25, -0.2) is 9.78 Å². The van der Waals surface area contributed by atoms with E-state index in [1.54, 1.807) is 0 Å². The highest BCUT2D eigenvalue weighted by atomic mass is 16.6. The first-order chi connectivity index (χ1) is 5.63. The van der Waals surface area contributed by atoms with Gasteiger partial charge < -0.3 is 15.2 Å². The number of aliphatic hydroxyl groups is 1. The summed E-state index contributed by atoms with van der Waals surface area (Å²) in [6.07, 6.45) is 0. The second-order valence-corrected chi connectivity index (χ2v) is 2.15. The van der Waals surface area contributed by atoms with E-state index in [1.165, 1.54) is 0 Å². The molecule has 1 rings (SSSR count). The van der Waals surface area contributed by atoms with Gasteiger partial charge in [0, 0.05) is 12.1 Å². The zero-order valence-corrected chi connectivity index (χ0v) is 5.98. The van der Waals surface area contributed by atoms with Gasteiger partial charge in [0.1, 0.15) is 0 Å². The number of hydrogen-bond acceptors (Lipinski definition) is 4. The Morgan fingerprint density at radius 3 is 2.75 bits per heavy atom. The molecule has 2 N–H and O–H groups in total. The third kappa shape index (κ3) is 1.67. The standard InChI is InChI=1S/C6H6N2O4/c9-3-4-1-5(8(11)12)7-6(10)2-4/h1-2,9H,3H2,(H,7,10). The first-order valence-corrected chi connectivity index (χ1v) is 3.12. The summed E-state index contributed by atoms with van der Waals surface area (Å²) < 4.78 is 0. The summed E-state index contributed by atoms with van der Waals surface area (Å²) in [6, 6.07) is 2.22. The predicted octanol–water partition coefficient (Wildman–Crippen LogP) is -0.225. The van der Waals surface area contributed by atoms with E-state index >= 15 is 0 Å². The molecule has 6 nitrogen and oxygen atoms in total. The van der Waals surface area contributed by atoms with Crippen molar-refractivity contribution in [2.45, 2.75) is 6.61 Å². The molecule has 0 aromatic carbocycles. The van der Waals surface area contributed by atoms with Crippen molar-refractivity contribution in [3.05, 3.63) is 38.2 Å². The fourth-order valence-electron chi connectivity index (χ4n) is 0.774. The maximum atomic E-state index is 10.7. The Bertz CT molecular complexity index is 357. The molecular formula is C6H6N2O4. The van der Waals surface area contributed by atoms with Crippen molar-refractivity contribution in [2.24, 2.45) is 0 Å². The molecule has 0 amide bonds. The lowest BCUT2D eigenvalue weighted by Gasteiger charge is -1.95. The molecule has 0 aliphatic rings. The molecule has 1 aromatic rings.